The van der Waals surface area contributed by atoms with E-state index in [2.05, 4.69) is 52.4 Å². The number of anilines is 1. The highest BCUT2D eigenvalue weighted by atomic mass is 79.9. The number of hydrogen-bond acceptors (Lipinski definition) is 2. The summed E-state index contributed by atoms with van der Waals surface area (Å²) in [4.78, 5) is 0. The SMILES string of the molecule is Cc1ccc(CNc2ccccc2C#N)c(Br)c1. The molecular formula is C15H13BrN2. The van der Waals surface area contributed by atoms with E-state index in [4.69, 9.17) is 5.26 Å². The average molecular weight is 301 g/mol. The molecule has 0 saturated carbocycles. The standard InChI is InChI=1S/C15H13BrN2/c1-11-6-7-13(14(16)8-11)10-18-15-5-3-2-4-12(15)9-17/h2-8,18H,10H2,1H3. The van der Waals surface area contributed by atoms with Crippen LogP contribution in [0.25, 0.3) is 0 Å². The molecule has 0 radical (unpaired) electrons. The van der Waals surface area contributed by atoms with Crippen LogP contribution in [0.5, 0.6) is 0 Å². The summed E-state index contributed by atoms with van der Waals surface area (Å²) in [6.45, 7) is 2.76. The van der Waals surface area contributed by atoms with Crippen molar-refractivity contribution in [3.63, 3.8) is 0 Å². The lowest BCUT2D eigenvalue weighted by Crippen LogP contribution is -2.02. The minimum absolute atomic E-state index is 0.667. The van der Waals surface area contributed by atoms with Gasteiger partial charge >= 0.3 is 0 Å². The van der Waals surface area contributed by atoms with Crippen molar-refractivity contribution in [1.82, 2.24) is 0 Å². The van der Waals surface area contributed by atoms with Gasteiger partial charge in [0, 0.05) is 11.0 Å². The molecule has 3 heteroatoms. The van der Waals surface area contributed by atoms with Crippen LogP contribution in [0.3, 0.4) is 0 Å². The molecule has 0 saturated heterocycles. The molecule has 2 aromatic carbocycles. The molecule has 0 bridgehead atoms. The van der Waals surface area contributed by atoms with E-state index in [0.29, 0.717) is 12.1 Å². The van der Waals surface area contributed by atoms with Gasteiger partial charge in [-0.2, -0.15) is 5.26 Å². The molecule has 18 heavy (non-hydrogen) atoms. The molecule has 90 valence electrons. The summed E-state index contributed by atoms with van der Waals surface area (Å²) in [7, 11) is 0. The van der Waals surface area contributed by atoms with Crippen molar-refractivity contribution in [2.24, 2.45) is 0 Å². The molecule has 0 atom stereocenters. The first kappa shape index (κ1) is 12.7. The Morgan fingerprint density at radius 2 is 2.00 bits per heavy atom. The Morgan fingerprint density at radius 3 is 2.72 bits per heavy atom. The minimum atomic E-state index is 0.667. The van der Waals surface area contributed by atoms with Crippen LogP contribution in [-0.4, -0.2) is 0 Å². The smallest absolute Gasteiger partial charge is 0.101 e. The quantitative estimate of drug-likeness (QED) is 0.920. The van der Waals surface area contributed by atoms with Gasteiger partial charge in [-0.15, -0.1) is 0 Å². The van der Waals surface area contributed by atoms with E-state index in [1.807, 2.05) is 24.3 Å². The summed E-state index contributed by atoms with van der Waals surface area (Å²) < 4.78 is 1.09. The maximum Gasteiger partial charge on any atom is 0.101 e. The van der Waals surface area contributed by atoms with E-state index in [1.54, 1.807) is 0 Å². The Bertz CT molecular complexity index is 600. The Hall–Kier alpha value is -1.79. The fourth-order valence-corrected chi connectivity index (χ4v) is 2.35. The van der Waals surface area contributed by atoms with Crippen molar-refractivity contribution >= 4 is 21.6 Å². The molecule has 2 aromatic rings. The molecule has 0 aromatic heterocycles. The van der Waals surface area contributed by atoms with Crippen LogP contribution in [0.2, 0.25) is 0 Å². The predicted molar refractivity (Wildman–Crippen MR) is 77.4 cm³/mol. The molecule has 0 amide bonds. The molecule has 0 aliphatic heterocycles. The monoisotopic (exact) mass is 300 g/mol. The summed E-state index contributed by atoms with van der Waals surface area (Å²) >= 11 is 3.55. The van der Waals surface area contributed by atoms with E-state index in [1.165, 1.54) is 11.1 Å². The first-order valence-electron chi connectivity index (χ1n) is 5.69. The Balaban J connectivity index is 2.14. The topological polar surface area (TPSA) is 35.8 Å². The van der Waals surface area contributed by atoms with Gasteiger partial charge < -0.3 is 5.32 Å². The van der Waals surface area contributed by atoms with Crippen molar-refractivity contribution in [2.75, 3.05) is 5.32 Å². The van der Waals surface area contributed by atoms with Crippen LogP contribution >= 0.6 is 15.9 Å². The summed E-state index contributed by atoms with van der Waals surface area (Å²) in [5.74, 6) is 0. The first-order chi connectivity index (χ1) is 8.70. The van der Waals surface area contributed by atoms with Gasteiger partial charge in [0.05, 0.1) is 11.3 Å². The predicted octanol–water partition coefficient (Wildman–Crippen LogP) is 4.24. The van der Waals surface area contributed by atoms with Crippen LogP contribution in [0, 0.1) is 18.3 Å². The Kier molecular flexibility index (Phi) is 4.01. The van der Waals surface area contributed by atoms with Crippen molar-refractivity contribution in [3.8, 4) is 6.07 Å². The van der Waals surface area contributed by atoms with Gasteiger partial charge in [0.15, 0.2) is 0 Å². The Labute approximate surface area is 115 Å². The fraction of sp³-hybridized carbons (Fsp3) is 0.133. The number of rotatable bonds is 3. The van der Waals surface area contributed by atoms with Gasteiger partial charge in [0.2, 0.25) is 0 Å². The van der Waals surface area contributed by atoms with Crippen molar-refractivity contribution in [2.45, 2.75) is 13.5 Å². The van der Waals surface area contributed by atoms with E-state index in [9.17, 15) is 0 Å². The second-order valence-corrected chi connectivity index (χ2v) is 4.96. The van der Waals surface area contributed by atoms with Crippen LogP contribution in [0.4, 0.5) is 5.69 Å². The van der Waals surface area contributed by atoms with E-state index in [-0.39, 0.29) is 0 Å². The normalized spacial score (nSPS) is 9.83. The lowest BCUT2D eigenvalue weighted by atomic mass is 10.1. The van der Waals surface area contributed by atoms with E-state index >= 15 is 0 Å². The zero-order valence-electron chi connectivity index (χ0n) is 10.1. The molecule has 2 rings (SSSR count). The number of nitrogens with one attached hydrogen (secondary N) is 1. The fourth-order valence-electron chi connectivity index (χ4n) is 1.72. The summed E-state index contributed by atoms with van der Waals surface area (Å²) in [5, 5.41) is 12.3. The highest BCUT2D eigenvalue weighted by molar-refractivity contribution is 9.10. The molecule has 0 aliphatic rings. The van der Waals surface area contributed by atoms with E-state index < -0.39 is 0 Å². The van der Waals surface area contributed by atoms with Crippen molar-refractivity contribution in [3.05, 3.63) is 63.6 Å². The zero-order chi connectivity index (χ0) is 13.0. The van der Waals surface area contributed by atoms with Gasteiger partial charge in [0.1, 0.15) is 6.07 Å². The maximum absolute atomic E-state index is 9.01. The molecule has 0 spiro atoms. The Morgan fingerprint density at radius 1 is 1.22 bits per heavy atom. The number of nitriles is 1. The van der Waals surface area contributed by atoms with Gasteiger partial charge in [-0.25, -0.2) is 0 Å². The van der Waals surface area contributed by atoms with Gasteiger partial charge in [-0.1, -0.05) is 40.2 Å². The number of para-hydroxylation sites is 1. The largest absolute Gasteiger partial charge is 0.380 e. The highest BCUT2D eigenvalue weighted by Gasteiger charge is 2.02. The molecule has 0 heterocycles. The number of hydrogen-bond donors (Lipinski definition) is 1. The third-order valence-electron chi connectivity index (χ3n) is 2.73. The molecule has 0 fully saturated rings. The summed E-state index contributed by atoms with van der Waals surface area (Å²) in [5.41, 5.74) is 3.93. The average Bonchev–Trinajstić information content (AvgIpc) is 2.38. The van der Waals surface area contributed by atoms with Gasteiger partial charge in [0.25, 0.3) is 0 Å². The van der Waals surface area contributed by atoms with Crippen LogP contribution in [0.15, 0.2) is 46.9 Å². The van der Waals surface area contributed by atoms with Crippen molar-refractivity contribution in [1.29, 1.82) is 5.26 Å². The second kappa shape index (κ2) is 5.70. The first-order valence-corrected chi connectivity index (χ1v) is 6.48. The second-order valence-electron chi connectivity index (χ2n) is 4.11. The number of benzene rings is 2. The summed E-state index contributed by atoms with van der Waals surface area (Å²) in [6.07, 6.45) is 0. The number of aryl methyl sites for hydroxylation is 1. The van der Waals surface area contributed by atoms with Crippen LogP contribution < -0.4 is 5.32 Å². The van der Waals surface area contributed by atoms with Gasteiger partial charge in [-0.05, 0) is 36.2 Å². The number of nitrogens with zero attached hydrogens (tertiary/aromatic N) is 1. The lowest BCUT2D eigenvalue weighted by Gasteiger charge is -2.10. The molecular weight excluding hydrogens is 288 g/mol. The van der Waals surface area contributed by atoms with Crippen molar-refractivity contribution < 1.29 is 0 Å². The molecule has 1 N–H and O–H groups in total. The maximum atomic E-state index is 9.01. The molecule has 0 aliphatic carbocycles. The third-order valence-corrected chi connectivity index (χ3v) is 3.46. The summed E-state index contributed by atoms with van der Waals surface area (Å²) in [6, 6.07) is 16.0. The molecule has 2 nitrogen and oxygen atoms in total. The van der Waals surface area contributed by atoms with E-state index in [0.717, 1.165) is 10.2 Å². The van der Waals surface area contributed by atoms with Crippen LogP contribution in [0.1, 0.15) is 16.7 Å². The molecule has 0 unspecified atom stereocenters. The van der Waals surface area contributed by atoms with Gasteiger partial charge in [-0.3, -0.25) is 0 Å². The highest BCUT2D eigenvalue weighted by Crippen LogP contribution is 2.21. The van der Waals surface area contributed by atoms with Crippen LogP contribution in [-0.2, 0) is 6.54 Å². The minimum Gasteiger partial charge on any atom is -0.380 e. The third kappa shape index (κ3) is 2.91. The lowest BCUT2D eigenvalue weighted by molar-refractivity contribution is 1.13. The zero-order valence-corrected chi connectivity index (χ0v) is 11.7. The number of halogens is 1.